The van der Waals surface area contributed by atoms with Crippen LogP contribution in [-0.4, -0.2) is 52.7 Å². The Labute approximate surface area is 103 Å². The monoisotopic (exact) mass is 258 g/mol. The van der Waals surface area contributed by atoms with Gasteiger partial charge in [0.25, 0.3) is 0 Å². The zero-order chi connectivity index (χ0) is 13.3. The molecule has 7 heteroatoms. The number of amidine groups is 1. The van der Waals surface area contributed by atoms with E-state index >= 15 is 0 Å². The molecule has 0 aromatic heterocycles. The van der Waals surface area contributed by atoms with Crippen LogP contribution < -0.4 is 0 Å². The van der Waals surface area contributed by atoms with Gasteiger partial charge < -0.3 is 15.1 Å². The number of aliphatic imine (C=N–C) groups is 1. The summed E-state index contributed by atoms with van der Waals surface area (Å²) in [4.78, 5) is 25.2. The zero-order valence-corrected chi connectivity index (χ0v) is 10.3. The molecule has 0 radical (unpaired) electrons. The van der Waals surface area contributed by atoms with Gasteiger partial charge >= 0.3 is 11.9 Å². The van der Waals surface area contributed by atoms with Gasteiger partial charge in [0, 0.05) is 32.4 Å². The van der Waals surface area contributed by atoms with Gasteiger partial charge in [-0.25, -0.2) is 9.59 Å². The molecule has 1 rings (SSSR count). The van der Waals surface area contributed by atoms with E-state index in [1.807, 2.05) is 25.2 Å². The molecule has 0 saturated carbocycles. The van der Waals surface area contributed by atoms with Gasteiger partial charge in [-0.05, 0) is 5.41 Å². The smallest absolute Gasteiger partial charge is 0.328 e. The van der Waals surface area contributed by atoms with Crippen LogP contribution in [0.15, 0.2) is 28.8 Å². The van der Waals surface area contributed by atoms with Crippen molar-refractivity contribution in [1.29, 1.82) is 0 Å². The second kappa shape index (κ2) is 8.40. The van der Waals surface area contributed by atoms with Crippen LogP contribution in [0, 0.1) is 0 Å². The lowest BCUT2D eigenvalue weighted by Crippen LogP contribution is -2.25. The van der Waals surface area contributed by atoms with Crippen molar-refractivity contribution in [2.24, 2.45) is 4.99 Å². The topological polar surface area (TPSA) is 90.2 Å². The van der Waals surface area contributed by atoms with Crippen molar-refractivity contribution in [3.05, 3.63) is 23.8 Å². The Morgan fingerprint density at radius 3 is 2.24 bits per heavy atom. The summed E-state index contributed by atoms with van der Waals surface area (Å²) in [7, 11) is 3.84. The van der Waals surface area contributed by atoms with E-state index in [0.29, 0.717) is 12.2 Å². The van der Waals surface area contributed by atoms with Crippen molar-refractivity contribution in [3.8, 4) is 0 Å². The standard InChI is InChI=1S/C6H10N2S.C4H4O4/c1-7-6-5-9-4-3-8(6)2;5-3(6)1-2-4(7)8/h3-4H,5H2,1-2H3;1-2H,(H,5,6)(H,7,8)/b;2-1+. The SMILES string of the molecule is CN=C1CSC=CN1C.O=C(O)/C=C/C(=O)O. The van der Waals surface area contributed by atoms with Crippen LogP contribution in [0.3, 0.4) is 0 Å². The molecule has 1 heterocycles. The Morgan fingerprint density at radius 2 is 1.94 bits per heavy atom. The molecule has 94 valence electrons. The molecule has 0 aromatic carbocycles. The van der Waals surface area contributed by atoms with Crippen LogP contribution in [0.5, 0.6) is 0 Å². The fraction of sp³-hybridized carbons (Fsp3) is 0.300. The minimum Gasteiger partial charge on any atom is -0.478 e. The van der Waals surface area contributed by atoms with Gasteiger partial charge in [0.2, 0.25) is 0 Å². The molecule has 0 saturated heterocycles. The van der Waals surface area contributed by atoms with E-state index in [1.54, 1.807) is 11.8 Å². The molecule has 6 nitrogen and oxygen atoms in total. The van der Waals surface area contributed by atoms with Crippen LogP contribution >= 0.6 is 11.8 Å². The van der Waals surface area contributed by atoms with Crippen molar-refractivity contribution < 1.29 is 19.8 Å². The molecule has 0 aliphatic carbocycles. The average molecular weight is 258 g/mol. The lowest BCUT2D eigenvalue weighted by atomic mass is 10.5. The molecule has 0 bridgehead atoms. The molecule has 1 aliphatic heterocycles. The average Bonchev–Trinajstić information content (AvgIpc) is 2.28. The van der Waals surface area contributed by atoms with E-state index in [1.165, 1.54) is 0 Å². The molecular formula is C10H14N2O4S. The third-order valence-corrected chi connectivity index (χ3v) is 2.37. The Balaban J connectivity index is 0.000000304. The highest BCUT2D eigenvalue weighted by Gasteiger charge is 2.04. The third kappa shape index (κ3) is 8.09. The Bertz CT molecular complexity index is 347. The minimum atomic E-state index is -1.26. The van der Waals surface area contributed by atoms with Gasteiger partial charge in [0.1, 0.15) is 5.84 Å². The van der Waals surface area contributed by atoms with Crippen molar-refractivity contribution in [1.82, 2.24) is 4.90 Å². The first-order chi connectivity index (χ1) is 7.97. The summed E-state index contributed by atoms with van der Waals surface area (Å²) in [5, 5.41) is 17.7. The van der Waals surface area contributed by atoms with Gasteiger partial charge in [-0.15, -0.1) is 11.8 Å². The summed E-state index contributed by atoms with van der Waals surface area (Å²) in [5.41, 5.74) is 0. The third-order valence-electron chi connectivity index (χ3n) is 1.63. The number of aliphatic carboxylic acids is 2. The van der Waals surface area contributed by atoms with Crippen LogP contribution in [0.1, 0.15) is 0 Å². The zero-order valence-electron chi connectivity index (χ0n) is 9.53. The van der Waals surface area contributed by atoms with Gasteiger partial charge in [-0.1, -0.05) is 0 Å². The molecule has 0 unspecified atom stereocenters. The highest BCUT2D eigenvalue weighted by molar-refractivity contribution is 8.02. The van der Waals surface area contributed by atoms with E-state index in [4.69, 9.17) is 10.2 Å². The van der Waals surface area contributed by atoms with E-state index < -0.39 is 11.9 Å². The summed E-state index contributed by atoms with van der Waals surface area (Å²) < 4.78 is 0. The Hall–Kier alpha value is -1.76. The Morgan fingerprint density at radius 1 is 1.41 bits per heavy atom. The molecule has 0 amide bonds. The number of carbonyl (C=O) groups is 2. The van der Waals surface area contributed by atoms with Gasteiger partial charge in [-0.3, -0.25) is 4.99 Å². The van der Waals surface area contributed by atoms with Gasteiger partial charge in [0.05, 0.1) is 5.75 Å². The Kier molecular flexibility index (Phi) is 7.53. The predicted molar refractivity (Wildman–Crippen MR) is 67.1 cm³/mol. The van der Waals surface area contributed by atoms with E-state index in [2.05, 4.69) is 10.4 Å². The lowest BCUT2D eigenvalue weighted by Gasteiger charge is -2.18. The second-order valence-corrected chi connectivity index (χ2v) is 3.75. The number of hydrogen-bond donors (Lipinski definition) is 2. The summed E-state index contributed by atoms with van der Waals surface area (Å²) in [6, 6.07) is 0. The van der Waals surface area contributed by atoms with Crippen LogP contribution in [0.2, 0.25) is 0 Å². The second-order valence-electron chi connectivity index (χ2n) is 2.86. The summed E-state index contributed by atoms with van der Waals surface area (Å²) in [5.74, 6) is -0.369. The van der Waals surface area contributed by atoms with Gasteiger partial charge in [-0.2, -0.15) is 0 Å². The highest BCUT2D eigenvalue weighted by Crippen LogP contribution is 2.10. The summed E-state index contributed by atoms with van der Waals surface area (Å²) in [6.45, 7) is 0. The fourth-order valence-corrected chi connectivity index (χ4v) is 1.66. The van der Waals surface area contributed by atoms with Gasteiger partial charge in [0.15, 0.2) is 0 Å². The highest BCUT2D eigenvalue weighted by atomic mass is 32.2. The predicted octanol–water partition coefficient (Wildman–Crippen LogP) is 0.876. The molecule has 17 heavy (non-hydrogen) atoms. The van der Waals surface area contributed by atoms with Crippen molar-refractivity contribution in [3.63, 3.8) is 0 Å². The molecule has 0 fully saturated rings. The maximum atomic E-state index is 9.55. The van der Waals surface area contributed by atoms with Crippen LogP contribution in [0.25, 0.3) is 0 Å². The first-order valence-corrected chi connectivity index (χ1v) is 5.63. The normalized spacial score (nSPS) is 16.8. The number of thioether (sulfide) groups is 1. The first-order valence-electron chi connectivity index (χ1n) is 4.58. The van der Waals surface area contributed by atoms with Crippen molar-refractivity contribution >= 4 is 29.5 Å². The minimum absolute atomic E-state index is 0.558. The largest absolute Gasteiger partial charge is 0.478 e. The lowest BCUT2D eigenvalue weighted by molar-refractivity contribution is -0.134. The van der Waals surface area contributed by atoms with Crippen molar-refractivity contribution in [2.45, 2.75) is 0 Å². The maximum absolute atomic E-state index is 9.55. The number of hydrogen-bond acceptors (Lipinski definition) is 4. The molecule has 0 spiro atoms. The van der Waals surface area contributed by atoms with Crippen LogP contribution in [-0.2, 0) is 9.59 Å². The summed E-state index contributed by atoms with van der Waals surface area (Å²) in [6.07, 6.45) is 3.14. The fourth-order valence-electron chi connectivity index (χ4n) is 0.810. The quantitative estimate of drug-likeness (QED) is 0.714. The molecular weight excluding hydrogens is 244 g/mol. The molecule has 1 aliphatic rings. The number of nitrogens with zero attached hydrogens (tertiary/aromatic N) is 2. The van der Waals surface area contributed by atoms with E-state index in [9.17, 15) is 9.59 Å². The number of carboxylic acid groups (broad SMARTS) is 2. The number of rotatable bonds is 2. The maximum Gasteiger partial charge on any atom is 0.328 e. The first kappa shape index (κ1) is 15.2. The number of carboxylic acids is 2. The molecule has 0 aromatic rings. The van der Waals surface area contributed by atoms with E-state index in [0.717, 1.165) is 11.6 Å². The summed E-state index contributed by atoms with van der Waals surface area (Å²) >= 11 is 1.78. The molecule has 2 N–H and O–H groups in total. The van der Waals surface area contributed by atoms with Crippen LogP contribution in [0.4, 0.5) is 0 Å². The van der Waals surface area contributed by atoms with Crippen molar-refractivity contribution in [2.75, 3.05) is 19.8 Å². The molecule has 0 atom stereocenters. The van der Waals surface area contributed by atoms with E-state index in [-0.39, 0.29) is 0 Å².